The highest BCUT2D eigenvalue weighted by atomic mass is 79.9. The first-order chi connectivity index (χ1) is 8.15. The number of hydrogen-bond acceptors (Lipinski definition) is 3. The van der Waals surface area contributed by atoms with Gasteiger partial charge in [0, 0.05) is 23.2 Å². The van der Waals surface area contributed by atoms with Crippen LogP contribution >= 0.6 is 15.9 Å². The number of carbonyl (C=O) groups excluding carboxylic acids is 2. The zero-order valence-electron chi connectivity index (χ0n) is 9.20. The molecule has 0 aromatic heterocycles. The van der Waals surface area contributed by atoms with Crippen molar-refractivity contribution in [2.45, 2.75) is 6.42 Å². The number of nitrogens with two attached hydrogens (primary N) is 1. The lowest BCUT2D eigenvalue weighted by molar-refractivity contribution is -0.109. The van der Waals surface area contributed by atoms with E-state index in [2.05, 4.69) is 26.6 Å². The summed E-state index contributed by atoms with van der Waals surface area (Å²) < 4.78 is 0.805. The van der Waals surface area contributed by atoms with Gasteiger partial charge in [0.1, 0.15) is 0 Å². The molecular weight excluding hydrogens is 286 g/mol. The molecule has 0 heterocycles. The van der Waals surface area contributed by atoms with Crippen LogP contribution in [-0.4, -0.2) is 25.4 Å². The maximum Gasteiger partial charge on any atom is 0.253 e. The van der Waals surface area contributed by atoms with Crippen LogP contribution in [0.3, 0.4) is 0 Å². The van der Waals surface area contributed by atoms with E-state index in [1.165, 1.54) is 0 Å². The van der Waals surface area contributed by atoms with Crippen molar-refractivity contribution in [3.63, 3.8) is 0 Å². The monoisotopic (exact) mass is 299 g/mol. The fourth-order valence-electron chi connectivity index (χ4n) is 1.27. The lowest BCUT2D eigenvalue weighted by Gasteiger charge is -2.07. The van der Waals surface area contributed by atoms with Gasteiger partial charge >= 0.3 is 0 Å². The van der Waals surface area contributed by atoms with Crippen molar-refractivity contribution >= 4 is 33.9 Å². The molecule has 0 bridgehead atoms. The molecule has 0 spiro atoms. The van der Waals surface area contributed by atoms with Crippen LogP contribution in [0.1, 0.15) is 16.8 Å². The van der Waals surface area contributed by atoms with Gasteiger partial charge < -0.3 is 16.4 Å². The summed E-state index contributed by atoms with van der Waals surface area (Å²) in [6.07, 6.45) is 1.31. The van der Waals surface area contributed by atoms with Gasteiger partial charge in [-0.25, -0.2) is 0 Å². The third-order valence-electron chi connectivity index (χ3n) is 2.13. The first kappa shape index (κ1) is 13.5. The predicted octanol–water partition coefficient (Wildman–Crippen LogP) is 0.897. The predicted molar refractivity (Wildman–Crippen MR) is 69.6 cm³/mol. The van der Waals surface area contributed by atoms with E-state index < -0.39 is 0 Å². The average molecular weight is 300 g/mol. The molecule has 4 N–H and O–H groups in total. The molecule has 2 amide bonds. The Balaban J connectivity index is 2.46. The molecule has 17 heavy (non-hydrogen) atoms. The van der Waals surface area contributed by atoms with Gasteiger partial charge in [0.05, 0.1) is 5.56 Å². The van der Waals surface area contributed by atoms with Crippen molar-refractivity contribution in [3.05, 3.63) is 28.2 Å². The van der Waals surface area contributed by atoms with E-state index in [9.17, 15) is 9.59 Å². The number of benzene rings is 1. The van der Waals surface area contributed by atoms with Gasteiger partial charge in [0.2, 0.25) is 6.41 Å². The van der Waals surface area contributed by atoms with E-state index in [1.807, 2.05) is 0 Å². The number of anilines is 1. The smallest absolute Gasteiger partial charge is 0.253 e. The molecule has 0 saturated carbocycles. The average Bonchev–Trinajstić information content (AvgIpc) is 2.32. The van der Waals surface area contributed by atoms with Crippen LogP contribution in [0.5, 0.6) is 0 Å². The molecule has 92 valence electrons. The second-order valence-corrected chi connectivity index (χ2v) is 4.33. The van der Waals surface area contributed by atoms with Crippen molar-refractivity contribution in [3.8, 4) is 0 Å². The molecule has 1 aromatic carbocycles. The zero-order chi connectivity index (χ0) is 12.7. The van der Waals surface area contributed by atoms with Crippen LogP contribution in [0.25, 0.3) is 0 Å². The van der Waals surface area contributed by atoms with Crippen LogP contribution in [0.4, 0.5) is 5.69 Å². The van der Waals surface area contributed by atoms with Crippen LogP contribution in [-0.2, 0) is 4.79 Å². The van der Waals surface area contributed by atoms with E-state index in [-0.39, 0.29) is 5.91 Å². The number of carbonyl (C=O) groups is 2. The van der Waals surface area contributed by atoms with E-state index in [0.717, 1.165) is 4.47 Å². The van der Waals surface area contributed by atoms with Crippen molar-refractivity contribution in [2.75, 3.05) is 18.8 Å². The topological polar surface area (TPSA) is 84.2 Å². The third-order valence-corrected chi connectivity index (χ3v) is 2.62. The molecule has 1 aromatic rings. The van der Waals surface area contributed by atoms with E-state index in [4.69, 9.17) is 5.73 Å². The summed E-state index contributed by atoms with van der Waals surface area (Å²) >= 11 is 3.28. The van der Waals surface area contributed by atoms with Gasteiger partial charge in [-0.15, -0.1) is 0 Å². The Labute approximate surface area is 108 Å². The highest BCUT2D eigenvalue weighted by molar-refractivity contribution is 9.10. The van der Waals surface area contributed by atoms with Crippen molar-refractivity contribution in [2.24, 2.45) is 0 Å². The fourth-order valence-corrected chi connectivity index (χ4v) is 1.63. The summed E-state index contributed by atoms with van der Waals surface area (Å²) in [5, 5.41) is 5.25. The van der Waals surface area contributed by atoms with Crippen LogP contribution < -0.4 is 16.4 Å². The number of amides is 2. The van der Waals surface area contributed by atoms with Gasteiger partial charge in [-0.05, 0) is 24.6 Å². The number of nitrogens with one attached hydrogen (secondary N) is 2. The lowest BCUT2D eigenvalue weighted by atomic mass is 10.1. The molecule has 0 aliphatic rings. The Hall–Kier alpha value is -1.56. The molecule has 0 aliphatic carbocycles. The summed E-state index contributed by atoms with van der Waals surface area (Å²) in [4.78, 5) is 21.7. The Bertz CT molecular complexity index is 410. The molecule has 5 nitrogen and oxygen atoms in total. The van der Waals surface area contributed by atoms with Gasteiger partial charge in [-0.3, -0.25) is 9.59 Å². The van der Waals surface area contributed by atoms with E-state index >= 15 is 0 Å². The molecule has 0 radical (unpaired) electrons. The Kier molecular flexibility index (Phi) is 5.48. The molecule has 1 rings (SSSR count). The molecule has 0 fully saturated rings. The molecule has 0 unspecified atom stereocenters. The zero-order valence-corrected chi connectivity index (χ0v) is 10.8. The summed E-state index contributed by atoms with van der Waals surface area (Å²) in [7, 11) is 0. The standard InChI is InChI=1S/C11H14BrN3O2/c12-8-2-3-10(13)9(6-8)11(17)15-5-1-4-14-7-16/h2-3,6-7H,1,4-5,13H2,(H,14,16)(H,15,17). The summed E-state index contributed by atoms with van der Waals surface area (Å²) in [5.74, 6) is -0.213. The SMILES string of the molecule is Nc1ccc(Br)cc1C(=O)NCCCNC=O. The Morgan fingerprint density at radius 3 is 2.88 bits per heavy atom. The van der Waals surface area contributed by atoms with Crippen molar-refractivity contribution in [1.82, 2.24) is 10.6 Å². The lowest BCUT2D eigenvalue weighted by Crippen LogP contribution is -2.27. The normalized spacial score (nSPS) is 9.71. The second kappa shape index (κ2) is 6.90. The third kappa shape index (κ3) is 4.44. The van der Waals surface area contributed by atoms with E-state index in [0.29, 0.717) is 37.2 Å². The van der Waals surface area contributed by atoms with Crippen LogP contribution in [0.15, 0.2) is 22.7 Å². The van der Waals surface area contributed by atoms with Gasteiger partial charge in [-0.1, -0.05) is 15.9 Å². The summed E-state index contributed by atoms with van der Waals surface area (Å²) in [5.41, 5.74) is 6.59. The summed E-state index contributed by atoms with van der Waals surface area (Å²) in [6.45, 7) is 1.03. The van der Waals surface area contributed by atoms with Crippen molar-refractivity contribution < 1.29 is 9.59 Å². The largest absolute Gasteiger partial charge is 0.398 e. The first-order valence-corrected chi connectivity index (χ1v) is 5.94. The number of halogens is 1. The summed E-state index contributed by atoms with van der Waals surface area (Å²) in [6, 6.07) is 5.13. The molecule has 0 atom stereocenters. The first-order valence-electron chi connectivity index (χ1n) is 5.15. The quantitative estimate of drug-likeness (QED) is 0.414. The highest BCUT2D eigenvalue weighted by Crippen LogP contribution is 2.18. The Morgan fingerprint density at radius 2 is 2.18 bits per heavy atom. The van der Waals surface area contributed by atoms with Crippen LogP contribution in [0.2, 0.25) is 0 Å². The molecule has 0 aliphatic heterocycles. The minimum Gasteiger partial charge on any atom is -0.398 e. The maximum atomic E-state index is 11.7. The second-order valence-electron chi connectivity index (χ2n) is 3.41. The molecule has 6 heteroatoms. The minimum absolute atomic E-state index is 0.213. The number of rotatable bonds is 6. The van der Waals surface area contributed by atoms with Gasteiger partial charge in [0.25, 0.3) is 5.91 Å². The van der Waals surface area contributed by atoms with Gasteiger partial charge in [0.15, 0.2) is 0 Å². The highest BCUT2D eigenvalue weighted by Gasteiger charge is 2.09. The van der Waals surface area contributed by atoms with Crippen LogP contribution in [0, 0.1) is 0 Å². The van der Waals surface area contributed by atoms with E-state index in [1.54, 1.807) is 18.2 Å². The van der Waals surface area contributed by atoms with Gasteiger partial charge in [-0.2, -0.15) is 0 Å². The number of hydrogen-bond donors (Lipinski definition) is 3. The fraction of sp³-hybridized carbons (Fsp3) is 0.273. The Morgan fingerprint density at radius 1 is 1.41 bits per heavy atom. The number of nitrogen functional groups attached to an aromatic ring is 1. The molecule has 0 saturated heterocycles. The van der Waals surface area contributed by atoms with Crippen molar-refractivity contribution in [1.29, 1.82) is 0 Å². The molecular formula is C11H14BrN3O2. The minimum atomic E-state index is -0.213. The maximum absolute atomic E-state index is 11.7.